The number of urea groups is 1. The van der Waals surface area contributed by atoms with Crippen molar-refractivity contribution in [2.75, 3.05) is 0 Å². The van der Waals surface area contributed by atoms with E-state index in [9.17, 15) is 19.2 Å². The summed E-state index contributed by atoms with van der Waals surface area (Å²) in [4.78, 5) is 43.8. The second-order valence-electron chi connectivity index (χ2n) is 3.02. The van der Waals surface area contributed by atoms with Crippen molar-refractivity contribution in [1.29, 1.82) is 0 Å². The van der Waals surface area contributed by atoms with Crippen molar-refractivity contribution >= 4 is 23.8 Å². The first-order chi connectivity index (χ1) is 6.91. The number of amides is 5. The summed E-state index contributed by atoms with van der Waals surface area (Å²) in [6.45, 7) is 1.18. The quantitative estimate of drug-likeness (QED) is 0.395. The predicted octanol–water partition coefficient (Wildman–Crippen LogP) is -2.82. The Morgan fingerprint density at radius 2 is 2.00 bits per heavy atom. The molecule has 0 spiro atoms. The van der Waals surface area contributed by atoms with Gasteiger partial charge in [-0.1, -0.05) is 0 Å². The Labute approximate surface area is 84.6 Å². The number of hydrogen-bond donors (Lipinski definition) is 4. The molecular weight excluding hydrogens is 204 g/mol. The van der Waals surface area contributed by atoms with Crippen LogP contribution in [0.3, 0.4) is 0 Å². The van der Waals surface area contributed by atoms with Crippen LogP contribution in [-0.4, -0.2) is 35.8 Å². The summed E-state index contributed by atoms with van der Waals surface area (Å²) in [5.41, 5.74) is 4.97. The standard InChI is InChI=1S/C7H10N4O4/c1-2(12)9-4-3(5(8)13)10-7(15)11-6(4)14/h3-4H,1H3,(H2,8,13)(H,9,12)(H2,10,11,14,15). The smallest absolute Gasteiger partial charge is 0.322 e. The Balaban J connectivity index is 2.87. The zero-order chi connectivity index (χ0) is 11.6. The molecule has 2 unspecified atom stereocenters. The summed E-state index contributed by atoms with van der Waals surface area (Å²) < 4.78 is 0. The fourth-order valence-corrected chi connectivity index (χ4v) is 1.20. The van der Waals surface area contributed by atoms with Crippen LogP contribution < -0.4 is 21.7 Å². The van der Waals surface area contributed by atoms with E-state index in [-0.39, 0.29) is 0 Å². The molecule has 5 amide bonds. The van der Waals surface area contributed by atoms with Gasteiger partial charge in [0.05, 0.1) is 0 Å². The Bertz CT molecular complexity index is 340. The first kappa shape index (κ1) is 11.0. The van der Waals surface area contributed by atoms with Gasteiger partial charge in [-0.25, -0.2) is 4.79 Å². The molecular formula is C7H10N4O4. The lowest BCUT2D eigenvalue weighted by Crippen LogP contribution is -2.69. The van der Waals surface area contributed by atoms with Crippen LogP contribution in [0.5, 0.6) is 0 Å². The maximum atomic E-state index is 11.3. The van der Waals surface area contributed by atoms with Crippen LogP contribution in [0.4, 0.5) is 4.79 Å². The van der Waals surface area contributed by atoms with Gasteiger partial charge in [0.1, 0.15) is 12.1 Å². The van der Waals surface area contributed by atoms with Crippen molar-refractivity contribution in [2.45, 2.75) is 19.0 Å². The molecule has 8 heteroatoms. The Kier molecular flexibility index (Phi) is 2.88. The number of carbonyl (C=O) groups excluding carboxylic acids is 4. The van der Waals surface area contributed by atoms with Crippen LogP contribution >= 0.6 is 0 Å². The Hall–Kier alpha value is -2.12. The molecule has 0 saturated carbocycles. The van der Waals surface area contributed by atoms with E-state index in [1.807, 2.05) is 5.32 Å². The van der Waals surface area contributed by atoms with Crippen molar-refractivity contribution in [3.8, 4) is 0 Å². The van der Waals surface area contributed by atoms with Crippen LogP contribution in [0, 0.1) is 0 Å². The van der Waals surface area contributed by atoms with Crippen LogP contribution in [-0.2, 0) is 14.4 Å². The van der Waals surface area contributed by atoms with E-state index in [1.165, 1.54) is 6.92 Å². The van der Waals surface area contributed by atoms with Crippen LogP contribution in [0.25, 0.3) is 0 Å². The van der Waals surface area contributed by atoms with Crippen molar-refractivity contribution in [1.82, 2.24) is 16.0 Å². The Morgan fingerprint density at radius 1 is 1.40 bits per heavy atom. The molecule has 1 fully saturated rings. The number of carbonyl (C=O) groups is 4. The number of nitrogens with one attached hydrogen (secondary N) is 3. The van der Waals surface area contributed by atoms with E-state index in [2.05, 4.69) is 10.6 Å². The summed E-state index contributed by atoms with van der Waals surface area (Å²) in [5.74, 6) is -2.16. The molecule has 2 atom stereocenters. The van der Waals surface area contributed by atoms with Gasteiger partial charge in [0, 0.05) is 6.92 Å². The molecule has 1 heterocycles. The van der Waals surface area contributed by atoms with Gasteiger partial charge in [0.25, 0.3) is 5.91 Å². The third-order valence-electron chi connectivity index (χ3n) is 1.80. The average Bonchev–Trinajstić information content (AvgIpc) is 2.08. The van der Waals surface area contributed by atoms with Gasteiger partial charge in [-0.3, -0.25) is 19.7 Å². The second kappa shape index (κ2) is 3.95. The highest BCUT2D eigenvalue weighted by atomic mass is 16.2. The van der Waals surface area contributed by atoms with Crippen molar-refractivity contribution in [3.05, 3.63) is 0 Å². The van der Waals surface area contributed by atoms with E-state index >= 15 is 0 Å². The predicted molar refractivity (Wildman–Crippen MR) is 47.3 cm³/mol. The zero-order valence-corrected chi connectivity index (χ0v) is 7.87. The van der Waals surface area contributed by atoms with Gasteiger partial charge in [-0.15, -0.1) is 0 Å². The summed E-state index contributed by atoms with van der Waals surface area (Å²) in [5, 5.41) is 6.27. The number of primary amides is 1. The molecule has 15 heavy (non-hydrogen) atoms. The van der Waals surface area contributed by atoms with Crippen molar-refractivity contribution < 1.29 is 19.2 Å². The van der Waals surface area contributed by atoms with Crippen LogP contribution in [0.2, 0.25) is 0 Å². The van der Waals surface area contributed by atoms with Gasteiger partial charge in [-0.2, -0.15) is 0 Å². The molecule has 0 aromatic carbocycles. The lowest BCUT2D eigenvalue weighted by atomic mass is 10.1. The number of rotatable bonds is 2. The van der Waals surface area contributed by atoms with E-state index in [4.69, 9.17) is 5.73 Å². The SMILES string of the molecule is CC(=O)NC1C(=O)NC(=O)NC1C(N)=O. The molecule has 1 aliphatic heterocycles. The van der Waals surface area contributed by atoms with Crippen molar-refractivity contribution in [2.24, 2.45) is 5.73 Å². The summed E-state index contributed by atoms with van der Waals surface area (Å²) in [6, 6.07) is -3.21. The van der Waals surface area contributed by atoms with Crippen molar-refractivity contribution in [3.63, 3.8) is 0 Å². The monoisotopic (exact) mass is 214 g/mol. The largest absolute Gasteiger partial charge is 0.368 e. The second-order valence-corrected chi connectivity index (χ2v) is 3.02. The van der Waals surface area contributed by atoms with Gasteiger partial charge in [-0.05, 0) is 0 Å². The van der Waals surface area contributed by atoms with Crippen LogP contribution in [0.15, 0.2) is 0 Å². The van der Waals surface area contributed by atoms with Gasteiger partial charge >= 0.3 is 6.03 Å². The maximum absolute atomic E-state index is 11.3. The molecule has 82 valence electrons. The highest BCUT2D eigenvalue weighted by Crippen LogP contribution is 1.99. The van der Waals surface area contributed by atoms with E-state index in [1.54, 1.807) is 0 Å². The molecule has 0 aromatic heterocycles. The summed E-state index contributed by atoms with van der Waals surface area (Å²) in [6.07, 6.45) is 0. The molecule has 8 nitrogen and oxygen atoms in total. The summed E-state index contributed by atoms with van der Waals surface area (Å²) >= 11 is 0. The minimum absolute atomic E-state index is 0.502. The third-order valence-corrected chi connectivity index (χ3v) is 1.80. The highest BCUT2D eigenvalue weighted by molar-refractivity contribution is 6.06. The van der Waals surface area contributed by atoms with Gasteiger partial charge in [0.15, 0.2) is 0 Å². The molecule has 1 rings (SSSR count). The fourth-order valence-electron chi connectivity index (χ4n) is 1.20. The third kappa shape index (κ3) is 2.42. The molecule has 0 bridgehead atoms. The minimum atomic E-state index is -1.23. The fraction of sp³-hybridized carbons (Fsp3) is 0.429. The normalized spacial score (nSPS) is 25.1. The molecule has 0 radical (unpaired) electrons. The molecule has 0 aliphatic carbocycles. The number of imide groups is 1. The molecule has 1 aliphatic rings. The summed E-state index contributed by atoms with van der Waals surface area (Å²) in [7, 11) is 0. The Morgan fingerprint density at radius 3 is 2.47 bits per heavy atom. The zero-order valence-electron chi connectivity index (χ0n) is 7.87. The van der Waals surface area contributed by atoms with E-state index in [0.717, 1.165) is 0 Å². The number of hydrogen-bond acceptors (Lipinski definition) is 4. The lowest BCUT2D eigenvalue weighted by Gasteiger charge is -2.29. The molecule has 1 saturated heterocycles. The minimum Gasteiger partial charge on any atom is -0.368 e. The van der Waals surface area contributed by atoms with E-state index in [0.29, 0.717) is 0 Å². The first-order valence-electron chi connectivity index (χ1n) is 4.09. The maximum Gasteiger partial charge on any atom is 0.322 e. The lowest BCUT2D eigenvalue weighted by molar-refractivity contribution is -0.132. The molecule has 0 aromatic rings. The number of nitrogens with two attached hydrogens (primary N) is 1. The molecule has 5 N–H and O–H groups in total. The topological polar surface area (TPSA) is 130 Å². The van der Waals surface area contributed by atoms with Gasteiger partial charge < -0.3 is 16.4 Å². The van der Waals surface area contributed by atoms with E-state index < -0.39 is 35.8 Å². The average molecular weight is 214 g/mol. The highest BCUT2D eigenvalue weighted by Gasteiger charge is 2.39. The van der Waals surface area contributed by atoms with Crippen LogP contribution in [0.1, 0.15) is 6.92 Å². The first-order valence-corrected chi connectivity index (χ1v) is 4.09. The van der Waals surface area contributed by atoms with Gasteiger partial charge in [0.2, 0.25) is 11.8 Å².